The van der Waals surface area contributed by atoms with Crippen LogP contribution in [0.15, 0.2) is 61.1 Å². The van der Waals surface area contributed by atoms with Crippen LogP contribution >= 0.6 is 0 Å². The number of nitrogens with one attached hydrogen (secondary N) is 2. The highest BCUT2D eigenvalue weighted by atomic mass is 16.5. The van der Waals surface area contributed by atoms with Crippen molar-refractivity contribution in [2.75, 3.05) is 33.9 Å². The molecular formula is C35H41N9O5. The summed E-state index contributed by atoms with van der Waals surface area (Å²) in [6.07, 6.45) is 9.05. The van der Waals surface area contributed by atoms with Crippen LogP contribution in [0.25, 0.3) is 33.4 Å². The van der Waals surface area contributed by atoms with E-state index in [4.69, 9.17) is 15.2 Å². The quantitative estimate of drug-likeness (QED) is 0.0892. The molecule has 4 heterocycles. The second-order valence-corrected chi connectivity index (χ2v) is 12.3. The van der Waals surface area contributed by atoms with E-state index in [1.165, 1.54) is 23.6 Å². The lowest BCUT2D eigenvalue weighted by molar-refractivity contribution is -0.146. The van der Waals surface area contributed by atoms with Crippen molar-refractivity contribution in [2.24, 2.45) is 11.7 Å². The molecule has 3 aromatic heterocycles. The van der Waals surface area contributed by atoms with Gasteiger partial charge in [0, 0.05) is 46.1 Å². The summed E-state index contributed by atoms with van der Waals surface area (Å²) in [4.78, 5) is 42.8. The molecule has 1 saturated heterocycles. The second kappa shape index (κ2) is 15.3. The Hall–Kier alpha value is -5.21. The maximum Gasteiger partial charge on any atom is 0.331 e. The summed E-state index contributed by atoms with van der Waals surface area (Å²) >= 11 is 0. The number of hydrogen-bond donors (Lipinski definition) is 3. The maximum absolute atomic E-state index is 13.8. The number of Topliss-reactive ketones (excluding diaryl/α,β-unsaturated/α-hetero) is 1. The molecule has 0 spiro atoms. The zero-order valence-electron chi connectivity index (χ0n) is 27.7. The van der Waals surface area contributed by atoms with Gasteiger partial charge < -0.3 is 25.5 Å². The minimum atomic E-state index is -0.779. The number of nitrogens with zero attached hydrogens (tertiary/aromatic N) is 6. The van der Waals surface area contributed by atoms with Crippen LogP contribution in [0.1, 0.15) is 60.1 Å². The molecule has 49 heavy (non-hydrogen) atoms. The van der Waals surface area contributed by atoms with E-state index in [-0.39, 0.29) is 11.7 Å². The molecule has 0 aliphatic carbocycles. The van der Waals surface area contributed by atoms with E-state index >= 15 is 0 Å². The van der Waals surface area contributed by atoms with Gasteiger partial charge in [0.1, 0.15) is 11.4 Å². The van der Waals surface area contributed by atoms with Crippen molar-refractivity contribution in [1.29, 1.82) is 0 Å². The molecule has 0 saturated carbocycles. The summed E-state index contributed by atoms with van der Waals surface area (Å²) in [7, 11) is 2.69. The van der Waals surface area contributed by atoms with Gasteiger partial charge in [-0.15, -0.1) is 10.2 Å². The predicted octanol–water partition coefficient (Wildman–Crippen LogP) is 3.67. The first-order valence-corrected chi connectivity index (χ1v) is 16.5. The van der Waals surface area contributed by atoms with Crippen LogP contribution in [0.2, 0.25) is 0 Å². The standard InChI is InChI=1S/C35H41N9O5/c1-48-34(46)31(9-5-6-12-36)43-20-29(39-41-43)23-15-24(17-25(16-23)33(45)22-10-13-37-14-11-22)30-21-44(42-40-30)32(35(47)49-2)18-26-19-38-28-8-4-3-7-27(26)28/h3-4,7-8,15-17,19-22,31-32,37-38H,5-6,9-14,18,36H2,1-2H3/t31-,32-/m0/s1. The van der Waals surface area contributed by atoms with E-state index in [2.05, 4.69) is 30.9 Å². The van der Waals surface area contributed by atoms with Crippen molar-refractivity contribution in [3.05, 3.63) is 72.2 Å². The fourth-order valence-corrected chi connectivity index (χ4v) is 6.41. The average molecular weight is 668 g/mol. The van der Waals surface area contributed by atoms with Crippen LogP contribution in [0.4, 0.5) is 0 Å². The van der Waals surface area contributed by atoms with Gasteiger partial charge in [-0.25, -0.2) is 19.0 Å². The minimum Gasteiger partial charge on any atom is -0.467 e. The molecule has 2 atom stereocenters. The van der Waals surface area contributed by atoms with E-state index in [1.807, 2.05) is 48.7 Å². The first-order chi connectivity index (χ1) is 23.9. The molecule has 2 aromatic carbocycles. The Morgan fingerprint density at radius 3 is 2.18 bits per heavy atom. The van der Waals surface area contributed by atoms with Gasteiger partial charge in [0.05, 0.1) is 26.6 Å². The topological polar surface area (TPSA) is 185 Å². The molecule has 256 valence electrons. The summed E-state index contributed by atoms with van der Waals surface area (Å²) in [5.74, 6) is -0.971. The van der Waals surface area contributed by atoms with E-state index in [1.54, 1.807) is 12.4 Å². The Morgan fingerprint density at radius 1 is 0.898 bits per heavy atom. The number of para-hydroxylation sites is 1. The van der Waals surface area contributed by atoms with Gasteiger partial charge in [0.15, 0.2) is 17.9 Å². The highest BCUT2D eigenvalue weighted by molar-refractivity contribution is 6.00. The van der Waals surface area contributed by atoms with Crippen molar-refractivity contribution in [3.63, 3.8) is 0 Å². The highest BCUT2D eigenvalue weighted by Gasteiger charge is 2.28. The molecule has 1 fully saturated rings. The minimum absolute atomic E-state index is 0.0328. The number of piperidine rings is 1. The largest absolute Gasteiger partial charge is 0.467 e. The number of H-pyrrole nitrogens is 1. The van der Waals surface area contributed by atoms with Crippen LogP contribution in [0.5, 0.6) is 0 Å². The van der Waals surface area contributed by atoms with E-state index < -0.39 is 24.0 Å². The monoisotopic (exact) mass is 667 g/mol. The number of nitrogens with two attached hydrogens (primary N) is 1. The van der Waals surface area contributed by atoms with Gasteiger partial charge in [-0.2, -0.15) is 0 Å². The molecule has 0 amide bonds. The van der Waals surface area contributed by atoms with Crippen molar-refractivity contribution >= 4 is 28.6 Å². The van der Waals surface area contributed by atoms with Gasteiger partial charge in [-0.3, -0.25) is 4.79 Å². The lowest BCUT2D eigenvalue weighted by Gasteiger charge is -2.21. The number of benzene rings is 2. The molecule has 0 bridgehead atoms. The number of ketones is 1. The molecule has 4 N–H and O–H groups in total. The number of fused-ring (bicyclic) bond motifs is 1. The van der Waals surface area contributed by atoms with Gasteiger partial charge in [-0.1, -0.05) is 28.6 Å². The number of rotatable bonds is 14. The molecule has 1 aliphatic heterocycles. The molecule has 1 aliphatic rings. The third-order valence-corrected chi connectivity index (χ3v) is 9.14. The number of unbranched alkanes of at least 4 members (excludes halogenated alkanes) is 1. The number of carbonyl (C=O) groups excluding carboxylic acids is 3. The molecule has 0 unspecified atom stereocenters. The SMILES string of the molecule is COC(=O)[C@H](CCCCN)n1cc(-c2cc(C(=O)C3CCNCC3)cc(-c3cn([C@@H](Cc4c[nH]c5ccccc45)C(=O)OC)nn3)c2)nn1. The number of methoxy groups -OCH3 is 2. The Labute approximate surface area is 283 Å². The zero-order valence-corrected chi connectivity index (χ0v) is 27.7. The van der Waals surface area contributed by atoms with E-state index in [0.717, 1.165) is 55.2 Å². The summed E-state index contributed by atoms with van der Waals surface area (Å²) < 4.78 is 13.2. The third kappa shape index (κ3) is 7.44. The van der Waals surface area contributed by atoms with E-state index in [9.17, 15) is 14.4 Å². The summed E-state index contributed by atoms with van der Waals surface area (Å²) in [6, 6.07) is 11.9. The summed E-state index contributed by atoms with van der Waals surface area (Å²) in [5, 5.41) is 21.8. The number of carbonyl (C=O) groups is 3. The number of ether oxygens (including phenoxy) is 2. The molecule has 0 radical (unpaired) electrons. The van der Waals surface area contributed by atoms with E-state index in [0.29, 0.717) is 47.5 Å². The van der Waals surface area contributed by atoms with Gasteiger partial charge in [-0.05, 0) is 81.6 Å². The summed E-state index contributed by atoms with van der Waals surface area (Å²) in [6.45, 7) is 2.07. The number of hydrogen-bond acceptors (Lipinski definition) is 11. The van der Waals surface area contributed by atoms with Crippen LogP contribution in [0, 0.1) is 5.92 Å². The predicted molar refractivity (Wildman–Crippen MR) is 181 cm³/mol. The van der Waals surface area contributed by atoms with Crippen LogP contribution < -0.4 is 11.1 Å². The molecule has 14 heteroatoms. The van der Waals surface area contributed by atoms with Gasteiger partial charge >= 0.3 is 11.9 Å². The second-order valence-electron chi connectivity index (χ2n) is 12.3. The number of aromatic amines is 1. The Kier molecular flexibility index (Phi) is 10.5. The Morgan fingerprint density at radius 2 is 1.53 bits per heavy atom. The lowest BCUT2D eigenvalue weighted by Crippen LogP contribution is -2.31. The first kappa shape index (κ1) is 33.7. The van der Waals surface area contributed by atoms with Crippen LogP contribution in [0.3, 0.4) is 0 Å². The van der Waals surface area contributed by atoms with Crippen molar-refractivity contribution in [2.45, 2.75) is 50.6 Å². The molecule has 5 aromatic rings. The molecular weight excluding hydrogens is 626 g/mol. The molecule has 14 nitrogen and oxygen atoms in total. The normalized spacial score (nSPS) is 14.8. The van der Waals surface area contributed by atoms with Crippen molar-refractivity contribution in [1.82, 2.24) is 40.3 Å². The first-order valence-electron chi connectivity index (χ1n) is 16.5. The van der Waals surface area contributed by atoms with Crippen molar-refractivity contribution < 1.29 is 23.9 Å². The Bertz CT molecular complexity index is 1920. The van der Waals surface area contributed by atoms with Crippen LogP contribution in [-0.4, -0.2) is 86.5 Å². The fourth-order valence-electron chi connectivity index (χ4n) is 6.41. The maximum atomic E-state index is 13.8. The number of esters is 2. The van der Waals surface area contributed by atoms with Gasteiger partial charge in [0.2, 0.25) is 0 Å². The fraction of sp³-hybridized carbons (Fsp3) is 0.400. The highest BCUT2D eigenvalue weighted by Crippen LogP contribution is 2.31. The Balaban J connectivity index is 1.36. The lowest BCUT2D eigenvalue weighted by atomic mass is 9.88. The summed E-state index contributed by atoms with van der Waals surface area (Å²) in [5.41, 5.74) is 10.3. The smallest absolute Gasteiger partial charge is 0.331 e. The molecule has 6 rings (SSSR count). The van der Waals surface area contributed by atoms with Crippen LogP contribution in [-0.2, 0) is 25.5 Å². The number of aromatic nitrogens is 7. The third-order valence-electron chi connectivity index (χ3n) is 9.14. The van der Waals surface area contributed by atoms with Crippen molar-refractivity contribution in [3.8, 4) is 22.5 Å². The van der Waals surface area contributed by atoms with Gasteiger partial charge in [0.25, 0.3) is 0 Å². The average Bonchev–Trinajstić information content (AvgIpc) is 3.93. The zero-order chi connectivity index (χ0) is 34.3.